The third-order valence-corrected chi connectivity index (χ3v) is 6.07. The van der Waals surface area contributed by atoms with Gasteiger partial charge >= 0.3 is 0 Å². The number of nitrogen functional groups attached to an aromatic ring is 1. The van der Waals surface area contributed by atoms with Gasteiger partial charge in [-0.15, -0.1) is 0 Å². The standard InChI is InChI=1S/C27H27N7O3/c1-35-25-9-21-20-8-23(34-27(30)22(20)13-33-24(21)10-26(25)36-2)15-5-19(12-31-11-15)37-14-17(29)7-18-6-16(28)3-4-32-18/h4-6,8-13,17,28H,3,7,14,29H2,1-2H3,(H2,30,34)/t17-/m0/s1. The normalized spacial score (nSPS) is 14.0. The summed E-state index contributed by atoms with van der Waals surface area (Å²) in [5.41, 5.74) is 16.0. The number of hydrogen-bond donors (Lipinski definition) is 3. The predicted octanol–water partition coefficient (Wildman–Crippen LogP) is 3.92. The number of pyridine rings is 3. The van der Waals surface area contributed by atoms with Crippen LogP contribution in [-0.2, 0) is 0 Å². The minimum absolute atomic E-state index is 0.274. The summed E-state index contributed by atoms with van der Waals surface area (Å²) in [6.07, 6.45) is 9.60. The van der Waals surface area contributed by atoms with Crippen molar-refractivity contribution < 1.29 is 14.2 Å². The van der Waals surface area contributed by atoms with Crippen LogP contribution in [-0.4, -0.2) is 53.7 Å². The molecule has 10 heteroatoms. The summed E-state index contributed by atoms with van der Waals surface area (Å²) < 4.78 is 16.8. The number of nitrogens with one attached hydrogen (secondary N) is 1. The Morgan fingerprint density at radius 1 is 1.00 bits per heavy atom. The van der Waals surface area contributed by atoms with E-state index in [1.807, 2.05) is 24.3 Å². The molecule has 1 atom stereocenters. The molecule has 0 amide bonds. The molecule has 1 aliphatic heterocycles. The molecule has 3 aromatic heterocycles. The molecule has 37 heavy (non-hydrogen) atoms. The fourth-order valence-corrected chi connectivity index (χ4v) is 4.24. The number of anilines is 1. The SMILES string of the molecule is COc1cc2ncc3c(N)nc(-c4cncc(OC[C@@H](N)CC5=CC(=N)CC=N5)c4)cc3c2cc1OC. The molecule has 5 rings (SSSR count). The Balaban J connectivity index is 1.43. The lowest BCUT2D eigenvalue weighted by molar-refractivity contribution is 0.286. The van der Waals surface area contributed by atoms with Crippen molar-refractivity contribution in [2.24, 2.45) is 10.7 Å². The van der Waals surface area contributed by atoms with Crippen molar-refractivity contribution in [3.05, 3.63) is 54.6 Å². The van der Waals surface area contributed by atoms with Crippen LogP contribution in [0.25, 0.3) is 32.9 Å². The molecule has 188 valence electrons. The number of aliphatic imine (C=N–C) groups is 1. The Morgan fingerprint density at radius 3 is 2.59 bits per heavy atom. The second kappa shape index (κ2) is 10.2. The van der Waals surface area contributed by atoms with Crippen LogP contribution in [0.2, 0.25) is 0 Å². The maximum atomic E-state index is 7.78. The molecule has 1 aromatic carbocycles. The number of benzene rings is 1. The van der Waals surface area contributed by atoms with Crippen LogP contribution in [0.4, 0.5) is 5.82 Å². The number of nitrogens with two attached hydrogens (primary N) is 2. The number of hydrogen-bond acceptors (Lipinski definition) is 10. The molecule has 0 fully saturated rings. The summed E-state index contributed by atoms with van der Waals surface area (Å²) in [6, 6.07) is 7.25. The lowest BCUT2D eigenvalue weighted by Gasteiger charge is -2.15. The zero-order chi connectivity index (χ0) is 25.9. The lowest BCUT2D eigenvalue weighted by atomic mass is 10.0. The summed E-state index contributed by atoms with van der Waals surface area (Å²) in [5.74, 6) is 2.12. The third-order valence-electron chi connectivity index (χ3n) is 6.07. The molecule has 0 saturated carbocycles. The van der Waals surface area contributed by atoms with Gasteiger partial charge in [0.15, 0.2) is 11.5 Å². The molecule has 0 aliphatic carbocycles. The lowest BCUT2D eigenvalue weighted by Crippen LogP contribution is -2.28. The summed E-state index contributed by atoms with van der Waals surface area (Å²) in [5, 5.41) is 10.3. The maximum absolute atomic E-state index is 7.78. The highest BCUT2D eigenvalue weighted by Crippen LogP contribution is 2.37. The van der Waals surface area contributed by atoms with Crippen molar-refractivity contribution in [3.8, 4) is 28.5 Å². The highest BCUT2D eigenvalue weighted by molar-refractivity contribution is 6.10. The first-order chi connectivity index (χ1) is 17.9. The number of aromatic nitrogens is 3. The molecule has 0 bridgehead atoms. The second-order valence-corrected chi connectivity index (χ2v) is 8.70. The number of nitrogens with zero attached hydrogens (tertiary/aromatic N) is 4. The van der Waals surface area contributed by atoms with E-state index in [9.17, 15) is 0 Å². The highest BCUT2D eigenvalue weighted by Gasteiger charge is 2.15. The zero-order valence-corrected chi connectivity index (χ0v) is 20.6. The molecule has 10 nitrogen and oxygen atoms in total. The molecule has 0 radical (unpaired) electrons. The minimum Gasteiger partial charge on any atom is -0.493 e. The predicted molar refractivity (Wildman–Crippen MR) is 145 cm³/mol. The van der Waals surface area contributed by atoms with Crippen molar-refractivity contribution in [1.82, 2.24) is 15.0 Å². The van der Waals surface area contributed by atoms with Gasteiger partial charge in [-0.25, -0.2) is 4.98 Å². The quantitative estimate of drug-likeness (QED) is 0.309. The Kier molecular flexibility index (Phi) is 6.65. The average Bonchev–Trinajstić information content (AvgIpc) is 2.91. The first-order valence-electron chi connectivity index (χ1n) is 11.7. The molecular weight excluding hydrogens is 470 g/mol. The molecule has 4 heterocycles. The summed E-state index contributed by atoms with van der Waals surface area (Å²) >= 11 is 0. The van der Waals surface area contributed by atoms with Gasteiger partial charge in [-0.05, 0) is 29.7 Å². The van der Waals surface area contributed by atoms with E-state index in [2.05, 4.69) is 19.9 Å². The fraction of sp³-hybridized carbons (Fsp3) is 0.222. The molecular formula is C27H27N7O3. The Labute approximate surface area is 213 Å². The van der Waals surface area contributed by atoms with Crippen LogP contribution in [0.1, 0.15) is 12.8 Å². The number of fused-ring (bicyclic) bond motifs is 3. The molecule has 0 unspecified atom stereocenters. The van der Waals surface area contributed by atoms with E-state index in [-0.39, 0.29) is 12.6 Å². The Hall–Kier alpha value is -4.57. The smallest absolute Gasteiger partial charge is 0.162 e. The summed E-state index contributed by atoms with van der Waals surface area (Å²) in [4.78, 5) is 17.8. The second-order valence-electron chi connectivity index (χ2n) is 8.70. The van der Waals surface area contributed by atoms with Crippen molar-refractivity contribution in [1.29, 1.82) is 5.41 Å². The number of allylic oxidation sites excluding steroid dienone is 1. The first-order valence-corrected chi connectivity index (χ1v) is 11.7. The van der Waals surface area contributed by atoms with Gasteiger partial charge in [-0.3, -0.25) is 15.0 Å². The number of rotatable bonds is 8. The van der Waals surface area contributed by atoms with Crippen molar-refractivity contribution >= 4 is 39.4 Å². The van der Waals surface area contributed by atoms with Crippen LogP contribution in [0.15, 0.2) is 59.6 Å². The van der Waals surface area contributed by atoms with Gasteiger partial charge in [0, 0.05) is 71.3 Å². The number of ether oxygens (including phenoxy) is 3. The van der Waals surface area contributed by atoms with Crippen LogP contribution < -0.4 is 25.7 Å². The number of methoxy groups -OCH3 is 2. The molecule has 4 aromatic rings. The average molecular weight is 498 g/mol. The van der Waals surface area contributed by atoms with Gasteiger partial charge in [-0.2, -0.15) is 0 Å². The zero-order valence-electron chi connectivity index (χ0n) is 20.6. The van der Waals surface area contributed by atoms with Gasteiger partial charge in [0.2, 0.25) is 0 Å². The van der Waals surface area contributed by atoms with E-state index in [1.54, 1.807) is 45.1 Å². The van der Waals surface area contributed by atoms with Gasteiger partial charge in [-0.1, -0.05) is 0 Å². The van der Waals surface area contributed by atoms with Crippen LogP contribution in [0.5, 0.6) is 17.2 Å². The van der Waals surface area contributed by atoms with E-state index < -0.39 is 0 Å². The van der Waals surface area contributed by atoms with E-state index >= 15 is 0 Å². The van der Waals surface area contributed by atoms with Gasteiger partial charge in [0.25, 0.3) is 0 Å². The van der Waals surface area contributed by atoms with E-state index in [1.165, 1.54) is 0 Å². The molecule has 1 aliphatic rings. The Morgan fingerprint density at radius 2 is 1.81 bits per heavy atom. The monoisotopic (exact) mass is 497 g/mol. The topological polar surface area (TPSA) is 155 Å². The van der Waals surface area contributed by atoms with Crippen LogP contribution >= 0.6 is 0 Å². The summed E-state index contributed by atoms with van der Waals surface area (Å²) in [7, 11) is 3.18. The van der Waals surface area contributed by atoms with E-state index in [0.717, 1.165) is 32.9 Å². The molecule has 5 N–H and O–H groups in total. The molecule has 0 saturated heterocycles. The van der Waals surface area contributed by atoms with Crippen molar-refractivity contribution in [2.45, 2.75) is 18.9 Å². The summed E-state index contributed by atoms with van der Waals surface area (Å²) in [6.45, 7) is 0.274. The third kappa shape index (κ3) is 5.05. The van der Waals surface area contributed by atoms with Crippen LogP contribution in [0.3, 0.4) is 0 Å². The maximum Gasteiger partial charge on any atom is 0.162 e. The molecule has 0 spiro atoms. The largest absolute Gasteiger partial charge is 0.493 e. The van der Waals surface area contributed by atoms with Gasteiger partial charge in [0.1, 0.15) is 18.2 Å². The first kappa shape index (κ1) is 24.1. The van der Waals surface area contributed by atoms with Gasteiger partial charge < -0.3 is 31.1 Å². The van der Waals surface area contributed by atoms with Crippen molar-refractivity contribution in [3.63, 3.8) is 0 Å². The van der Waals surface area contributed by atoms with Gasteiger partial charge in [0.05, 0.1) is 31.6 Å². The fourth-order valence-electron chi connectivity index (χ4n) is 4.24. The van der Waals surface area contributed by atoms with Crippen molar-refractivity contribution in [2.75, 3.05) is 26.6 Å². The van der Waals surface area contributed by atoms with Crippen LogP contribution in [0, 0.1) is 5.41 Å². The van der Waals surface area contributed by atoms with E-state index in [4.69, 9.17) is 31.1 Å². The van der Waals surface area contributed by atoms with E-state index in [0.29, 0.717) is 47.3 Å². The minimum atomic E-state index is -0.279. The Bertz CT molecular complexity index is 1570. The highest BCUT2D eigenvalue weighted by atomic mass is 16.5.